The number of hydrazine groups is 1. The molecule has 1 aliphatic heterocycles. The van der Waals surface area contributed by atoms with Crippen molar-refractivity contribution in [3.63, 3.8) is 0 Å². The van der Waals surface area contributed by atoms with Gasteiger partial charge in [-0.25, -0.2) is 10.2 Å². The van der Waals surface area contributed by atoms with Gasteiger partial charge in [-0.15, -0.1) is 0 Å². The molecule has 0 aromatic heterocycles. The molecular weight excluding hydrogens is 354 g/mol. The number of fused-ring (bicyclic) bond motifs is 1. The van der Waals surface area contributed by atoms with Crippen LogP contribution >= 0.6 is 0 Å². The first-order valence-electron chi connectivity index (χ1n) is 9.61. The molecule has 6 heteroatoms. The summed E-state index contributed by atoms with van der Waals surface area (Å²) in [5.74, 6) is -0.729. The number of carbonyl (C=O) groups excluding carboxylic acids is 2. The van der Waals surface area contributed by atoms with E-state index < -0.39 is 12.0 Å². The van der Waals surface area contributed by atoms with Crippen molar-refractivity contribution in [3.05, 3.63) is 65.2 Å². The number of amides is 1. The van der Waals surface area contributed by atoms with Crippen molar-refractivity contribution >= 4 is 17.6 Å². The fourth-order valence-corrected chi connectivity index (χ4v) is 3.36. The van der Waals surface area contributed by atoms with Gasteiger partial charge in [0, 0.05) is 24.8 Å². The SMILES string of the molecule is CC(C)OC(=O)[C@@H](NNC(=O)c1ccccc1)c1ccc2c(c1)CCCN2C. The van der Waals surface area contributed by atoms with E-state index in [0.29, 0.717) is 5.56 Å². The summed E-state index contributed by atoms with van der Waals surface area (Å²) in [5.41, 5.74) is 9.17. The first-order valence-corrected chi connectivity index (χ1v) is 9.61. The number of esters is 1. The maximum Gasteiger partial charge on any atom is 0.329 e. The Morgan fingerprint density at radius 1 is 1.11 bits per heavy atom. The third-order valence-electron chi connectivity index (χ3n) is 4.74. The number of rotatable bonds is 6. The molecule has 6 nitrogen and oxygen atoms in total. The zero-order valence-electron chi connectivity index (χ0n) is 16.6. The van der Waals surface area contributed by atoms with Crippen molar-refractivity contribution in [2.45, 2.75) is 38.8 Å². The highest BCUT2D eigenvalue weighted by Gasteiger charge is 2.25. The van der Waals surface area contributed by atoms with Gasteiger partial charge in [-0.3, -0.25) is 10.2 Å². The van der Waals surface area contributed by atoms with Crippen molar-refractivity contribution < 1.29 is 14.3 Å². The minimum Gasteiger partial charge on any atom is -0.462 e. The van der Waals surface area contributed by atoms with Gasteiger partial charge >= 0.3 is 5.97 Å². The number of anilines is 1. The van der Waals surface area contributed by atoms with Crippen molar-refractivity contribution in [1.29, 1.82) is 0 Å². The fraction of sp³-hybridized carbons (Fsp3) is 0.364. The molecular formula is C22H27N3O3. The number of aryl methyl sites for hydroxylation is 1. The van der Waals surface area contributed by atoms with E-state index >= 15 is 0 Å². The van der Waals surface area contributed by atoms with Crippen LogP contribution in [0, 0.1) is 0 Å². The molecule has 28 heavy (non-hydrogen) atoms. The number of nitrogens with zero attached hydrogens (tertiary/aromatic N) is 1. The van der Waals surface area contributed by atoms with Gasteiger partial charge in [0.25, 0.3) is 5.91 Å². The van der Waals surface area contributed by atoms with Crippen LogP contribution in [-0.2, 0) is 16.0 Å². The summed E-state index contributed by atoms with van der Waals surface area (Å²) < 4.78 is 5.41. The molecule has 1 amide bonds. The average molecular weight is 381 g/mol. The molecule has 1 heterocycles. The van der Waals surface area contributed by atoms with E-state index in [9.17, 15) is 9.59 Å². The molecule has 3 rings (SSSR count). The van der Waals surface area contributed by atoms with Crippen LogP contribution in [-0.4, -0.2) is 31.6 Å². The third-order valence-corrected chi connectivity index (χ3v) is 4.74. The van der Waals surface area contributed by atoms with Gasteiger partial charge < -0.3 is 9.64 Å². The summed E-state index contributed by atoms with van der Waals surface area (Å²) in [5, 5.41) is 0. The number of nitrogens with one attached hydrogen (secondary N) is 2. The van der Waals surface area contributed by atoms with Crippen LogP contribution in [0.4, 0.5) is 5.69 Å². The quantitative estimate of drug-likeness (QED) is 0.595. The van der Waals surface area contributed by atoms with E-state index in [0.717, 1.165) is 24.9 Å². The van der Waals surface area contributed by atoms with Crippen molar-refractivity contribution in [1.82, 2.24) is 10.9 Å². The second-order valence-corrected chi connectivity index (χ2v) is 7.30. The van der Waals surface area contributed by atoms with Gasteiger partial charge in [0.2, 0.25) is 0 Å². The fourth-order valence-electron chi connectivity index (χ4n) is 3.36. The van der Waals surface area contributed by atoms with Crippen LogP contribution in [0.1, 0.15) is 47.8 Å². The normalized spacial score (nSPS) is 14.4. The highest BCUT2D eigenvalue weighted by Crippen LogP contribution is 2.29. The number of ether oxygens (including phenoxy) is 1. The topological polar surface area (TPSA) is 70.7 Å². The average Bonchev–Trinajstić information content (AvgIpc) is 2.68. The summed E-state index contributed by atoms with van der Waals surface area (Å²) in [6, 6.07) is 14.0. The highest BCUT2D eigenvalue weighted by molar-refractivity contribution is 5.94. The maximum atomic E-state index is 12.7. The van der Waals surface area contributed by atoms with Crippen molar-refractivity contribution in [2.24, 2.45) is 0 Å². The molecule has 1 aliphatic rings. The molecule has 0 saturated carbocycles. The van der Waals surface area contributed by atoms with Gasteiger partial charge in [0.15, 0.2) is 0 Å². The molecule has 0 aliphatic carbocycles. The summed E-state index contributed by atoms with van der Waals surface area (Å²) in [6.45, 7) is 4.63. The molecule has 0 unspecified atom stereocenters. The van der Waals surface area contributed by atoms with E-state index in [1.54, 1.807) is 38.1 Å². The van der Waals surface area contributed by atoms with Crippen LogP contribution in [0.25, 0.3) is 0 Å². The predicted octanol–water partition coefficient (Wildman–Crippen LogP) is 3.00. The Morgan fingerprint density at radius 2 is 1.86 bits per heavy atom. The van der Waals surface area contributed by atoms with Gasteiger partial charge in [-0.05, 0) is 56.0 Å². The Morgan fingerprint density at radius 3 is 2.57 bits per heavy atom. The van der Waals surface area contributed by atoms with Crippen LogP contribution in [0.2, 0.25) is 0 Å². The number of carbonyl (C=O) groups is 2. The van der Waals surface area contributed by atoms with Gasteiger partial charge in [0.1, 0.15) is 6.04 Å². The zero-order valence-corrected chi connectivity index (χ0v) is 16.6. The smallest absolute Gasteiger partial charge is 0.329 e. The second-order valence-electron chi connectivity index (χ2n) is 7.30. The van der Waals surface area contributed by atoms with Crippen molar-refractivity contribution in [2.75, 3.05) is 18.5 Å². The highest BCUT2D eigenvalue weighted by atomic mass is 16.5. The van der Waals surface area contributed by atoms with E-state index in [2.05, 4.69) is 22.8 Å². The van der Waals surface area contributed by atoms with E-state index in [1.807, 2.05) is 24.3 Å². The van der Waals surface area contributed by atoms with E-state index in [4.69, 9.17) is 4.74 Å². The van der Waals surface area contributed by atoms with Crippen LogP contribution in [0.15, 0.2) is 48.5 Å². The standard InChI is InChI=1S/C22H27N3O3/c1-15(2)28-22(27)20(23-24-21(26)16-8-5-4-6-9-16)18-11-12-19-17(14-18)10-7-13-25(19)3/h4-6,8-9,11-12,14-15,20,23H,7,10,13H2,1-3H3,(H,24,26)/t20-/m0/s1. The van der Waals surface area contributed by atoms with Crippen LogP contribution in [0.5, 0.6) is 0 Å². The van der Waals surface area contributed by atoms with Gasteiger partial charge in [-0.1, -0.05) is 30.3 Å². The Balaban J connectivity index is 1.81. The molecule has 0 bridgehead atoms. The monoisotopic (exact) mass is 381 g/mol. The van der Waals surface area contributed by atoms with E-state index in [1.165, 1.54) is 11.3 Å². The zero-order chi connectivity index (χ0) is 20.1. The number of hydrogen-bond acceptors (Lipinski definition) is 5. The first kappa shape index (κ1) is 19.9. The predicted molar refractivity (Wildman–Crippen MR) is 109 cm³/mol. The summed E-state index contributed by atoms with van der Waals surface area (Å²) >= 11 is 0. The number of hydrogen-bond donors (Lipinski definition) is 2. The Labute approximate surface area is 165 Å². The summed E-state index contributed by atoms with van der Waals surface area (Å²) in [7, 11) is 2.07. The molecule has 2 aromatic rings. The lowest BCUT2D eigenvalue weighted by Gasteiger charge is -2.29. The Hall–Kier alpha value is -2.86. The lowest BCUT2D eigenvalue weighted by molar-refractivity contribution is -0.150. The van der Waals surface area contributed by atoms with Gasteiger partial charge in [0.05, 0.1) is 6.10 Å². The third kappa shape index (κ3) is 4.70. The summed E-state index contributed by atoms with van der Waals surface area (Å²) in [4.78, 5) is 27.3. The molecule has 148 valence electrons. The molecule has 0 radical (unpaired) electrons. The van der Waals surface area contributed by atoms with Crippen molar-refractivity contribution in [3.8, 4) is 0 Å². The van der Waals surface area contributed by atoms with Crippen LogP contribution < -0.4 is 15.8 Å². The minimum absolute atomic E-state index is 0.245. The Kier molecular flexibility index (Phi) is 6.31. The van der Waals surface area contributed by atoms with Crippen LogP contribution in [0.3, 0.4) is 0 Å². The number of benzene rings is 2. The molecule has 2 aromatic carbocycles. The second kappa shape index (κ2) is 8.89. The minimum atomic E-state index is -0.785. The molecule has 0 fully saturated rings. The van der Waals surface area contributed by atoms with E-state index in [-0.39, 0.29) is 12.0 Å². The summed E-state index contributed by atoms with van der Waals surface area (Å²) in [6.07, 6.45) is 1.80. The maximum absolute atomic E-state index is 12.7. The lowest BCUT2D eigenvalue weighted by atomic mass is 9.97. The molecule has 1 atom stereocenters. The largest absolute Gasteiger partial charge is 0.462 e. The van der Waals surface area contributed by atoms with Gasteiger partial charge in [-0.2, -0.15) is 0 Å². The lowest BCUT2D eigenvalue weighted by Crippen LogP contribution is -2.44. The Bertz CT molecular complexity index is 836. The molecule has 0 saturated heterocycles. The first-order chi connectivity index (χ1) is 13.5. The molecule has 0 spiro atoms. The molecule has 2 N–H and O–H groups in total.